The molecule has 2 N–H and O–H groups in total. The zero-order valence-electron chi connectivity index (χ0n) is 13.8. The van der Waals surface area contributed by atoms with Crippen LogP contribution in [0.25, 0.3) is 11.0 Å². The standard InChI is InChI=1S/C17H25BrN4O/c1-3-4-11(2)20-17-19-9-14-15(18)10-22(16(14)21-17)12-5-7-13(23)8-6-12/h9-13,23H,3-8H2,1-2H3,(H,19,20,21)/t11-,12-,13-/m0/s1. The van der Waals surface area contributed by atoms with Crippen molar-refractivity contribution in [2.24, 2.45) is 0 Å². The molecule has 2 aromatic rings. The summed E-state index contributed by atoms with van der Waals surface area (Å²) in [5.74, 6) is 0.696. The van der Waals surface area contributed by atoms with E-state index in [1.54, 1.807) is 0 Å². The first-order chi connectivity index (χ1) is 11.1. The number of nitrogens with zero attached hydrogens (tertiary/aromatic N) is 3. The van der Waals surface area contributed by atoms with Crippen molar-refractivity contribution in [3.63, 3.8) is 0 Å². The molecule has 23 heavy (non-hydrogen) atoms. The molecule has 126 valence electrons. The molecule has 1 aliphatic carbocycles. The van der Waals surface area contributed by atoms with E-state index >= 15 is 0 Å². The third-order valence-corrected chi connectivity index (χ3v) is 5.31. The first-order valence-electron chi connectivity index (χ1n) is 8.56. The minimum atomic E-state index is -0.140. The number of hydrogen-bond acceptors (Lipinski definition) is 4. The summed E-state index contributed by atoms with van der Waals surface area (Å²) in [5.41, 5.74) is 0.972. The van der Waals surface area contributed by atoms with Gasteiger partial charge in [0.25, 0.3) is 0 Å². The van der Waals surface area contributed by atoms with Crippen LogP contribution < -0.4 is 5.32 Å². The lowest BCUT2D eigenvalue weighted by molar-refractivity contribution is 0.111. The zero-order chi connectivity index (χ0) is 16.4. The molecule has 1 atom stereocenters. The predicted molar refractivity (Wildman–Crippen MR) is 96.7 cm³/mol. The van der Waals surface area contributed by atoms with Gasteiger partial charge in [-0.2, -0.15) is 4.98 Å². The van der Waals surface area contributed by atoms with Crippen molar-refractivity contribution >= 4 is 32.9 Å². The van der Waals surface area contributed by atoms with Gasteiger partial charge in [0.1, 0.15) is 5.65 Å². The van der Waals surface area contributed by atoms with Crippen LogP contribution in [0.3, 0.4) is 0 Å². The third-order valence-electron chi connectivity index (χ3n) is 4.68. The number of hydrogen-bond donors (Lipinski definition) is 2. The number of aromatic nitrogens is 3. The summed E-state index contributed by atoms with van der Waals surface area (Å²) in [6.45, 7) is 4.34. The minimum absolute atomic E-state index is 0.140. The van der Waals surface area contributed by atoms with Crippen molar-refractivity contribution < 1.29 is 5.11 Å². The van der Waals surface area contributed by atoms with E-state index in [4.69, 9.17) is 4.98 Å². The van der Waals surface area contributed by atoms with Gasteiger partial charge in [-0.3, -0.25) is 0 Å². The Bertz CT molecular complexity index is 664. The molecule has 0 saturated heterocycles. The van der Waals surface area contributed by atoms with Gasteiger partial charge in [-0.15, -0.1) is 0 Å². The quantitative estimate of drug-likeness (QED) is 0.812. The Morgan fingerprint density at radius 2 is 2.13 bits per heavy atom. The Balaban J connectivity index is 1.89. The summed E-state index contributed by atoms with van der Waals surface area (Å²) in [6.07, 6.45) is 9.83. The van der Waals surface area contributed by atoms with Gasteiger partial charge < -0.3 is 15.0 Å². The van der Waals surface area contributed by atoms with Crippen LogP contribution in [0.15, 0.2) is 16.9 Å². The maximum absolute atomic E-state index is 9.73. The van der Waals surface area contributed by atoms with E-state index < -0.39 is 0 Å². The number of aliphatic hydroxyl groups excluding tert-OH is 1. The average Bonchev–Trinajstić information content (AvgIpc) is 2.85. The number of anilines is 1. The maximum atomic E-state index is 9.73. The number of nitrogens with one attached hydrogen (secondary N) is 1. The Labute approximate surface area is 145 Å². The Kier molecular flexibility index (Phi) is 5.21. The van der Waals surface area contributed by atoms with Gasteiger partial charge in [-0.1, -0.05) is 13.3 Å². The Morgan fingerprint density at radius 3 is 2.83 bits per heavy atom. The molecule has 1 saturated carbocycles. The molecular formula is C17H25BrN4O. The number of halogens is 1. The van der Waals surface area contributed by atoms with Gasteiger partial charge >= 0.3 is 0 Å². The highest BCUT2D eigenvalue weighted by Gasteiger charge is 2.23. The van der Waals surface area contributed by atoms with Crippen LogP contribution in [-0.4, -0.2) is 31.8 Å². The molecule has 3 rings (SSSR count). The van der Waals surface area contributed by atoms with Gasteiger partial charge in [0.05, 0.1) is 11.5 Å². The second-order valence-corrected chi connectivity index (χ2v) is 7.47. The summed E-state index contributed by atoms with van der Waals surface area (Å²) < 4.78 is 3.29. The molecule has 0 bridgehead atoms. The summed E-state index contributed by atoms with van der Waals surface area (Å²) >= 11 is 3.63. The molecule has 2 heterocycles. The zero-order valence-corrected chi connectivity index (χ0v) is 15.4. The molecule has 1 aliphatic rings. The largest absolute Gasteiger partial charge is 0.393 e. The van der Waals surface area contributed by atoms with E-state index in [1.165, 1.54) is 0 Å². The first kappa shape index (κ1) is 16.7. The highest BCUT2D eigenvalue weighted by molar-refractivity contribution is 9.10. The molecule has 0 amide bonds. The minimum Gasteiger partial charge on any atom is -0.393 e. The number of rotatable bonds is 5. The molecule has 2 aromatic heterocycles. The molecule has 0 unspecified atom stereocenters. The van der Waals surface area contributed by atoms with Crippen molar-refractivity contribution in [2.75, 3.05) is 5.32 Å². The SMILES string of the molecule is CCC[C@H](C)Nc1ncc2c(Br)cn([C@H]3CC[C@H](O)CC3)c2n1. The van der Waals surface area contributed by atoms with Gasteiger partial charge in [0.15, 0.2) is 0 Å². The molecule has 0 spiro atoms. The van der Waals surface area contributed by atoms with Crippen molar-refractivity contribution in [3.8, 4) is 0 Å². The van der Waals surface area contributed by atoms with Gasteiger partial charge in [0.2, 0.25) is 5.95 Å². The third kappa shape index (κ3) is 3.69. The summed E-state index contributed by atoms with van der Waals surface area (Å²) in [4.78, 5) is 9.22. The molecule has 6 heteroatoms. The van der Waals surface area contributed by atoms with Crippen LogP contribution in [0.2, 0.25) is 0 Å². The van der Waals surface area contributed by atoms with E-state index in [0.29, 0.717) is 18.0 Å². The van der Waals surface area contributed by atoms with Crippen LogP contribution in [0.4, 0.5) is 5.95 Å². The monoisotopic (exact) mass is 380 g/mol. The van der Waals surface area contributed by atoms with Gasteiger partial charge in [-0.05, 0) is 55.0 Å². The summed E-state index contributed by atoms with van der Waals surface area (Å²) in [6, 6.07) is 0.775. The second-order valence-electron chi connectivity index (χ2n) is 6.61. The fourth-order valence-corrected chi connectivity index (χ4v) is 3.90. The normalized spacial score (nSPS) is 23.1. The van der Waals surface area contributed by atoms with Crippen LogP contribution in [-0.2, 0) is 0 Å². The van der Waals surface area contributed by atoms with Crippen LogP contribution in [0.1, 0.15) is 58.4 Å². The van der Waals surface area contributed by atoms with Gasteiger partial charge in [0, 0.05) is 29.0 Å². The van der Waals surface area contributed by atoms with Gasteiger partial charge in [-0.25, -0.2) is 4.98 Å². The molecular weight excluding hydrogens is 356 g/mol. The second kappa shape index (κ2) is 7.18. The number of fused-ring (bicyclic) bond motifs is 1. The lowest BCUT2D eigenvalue weighted by Crippen LogP contribution is -2.21. The van der Waals surface area contributed by atoms with E-state index in [-0.39, 0.29) is 6.10 Å². The van der Waals surface area contributed by atoms with E-state index in [9.17, 15) is 5.11 Å². The Morgan fingerprint density at radius 1 is 1.39 bits per heavy atom. The lowest BCUT2D eigenvalue weighted by atomic mass is 9.93. The van der Waals surface area contributed by atoms with Crippen LogP contribution in [0.5, 0.6) is 0 Å². The van der Waals surface area contributed by atoms with E-state index in [1.807, 2.05) is 6.20 Å². The van der Waals surface area contributed by atoms with E-state index in [2.05, 4.69) is 50.8 Å². The van der Waals surface area contributed by atoms with E-state index in [0.717, 1.165) is 54.0 Å². The maximum Gasteiger partial charge on any atom is 0.224 e. The molecule has 0 radical (unpaired) electrons. The van der Waals surface area contributed by atoms with Crippen molar-refractivity contribution in [1.29, 1.82) is 0 Å². The predicted octanol–water partition coefficient (Wildman–Crippen LogP) is 4.27. The van der Waals surface area contributed by atoms with Crippen LogP contribution in [0, 0.1) is 0 Å². The molecule has 0 aromatic carbocycles. The highest BCUT2D eigenvalue weighted by Crippen LogP contribution is 2.34. The fraction of sp³-hybridized carbons (Fsp3) is 0.647. The lowest BCUT2D eigenvalue weighted by Gasteiger charge is -2.27. The summed E-state index contributed by atoms with van der Waals surface area (Å²) in [7, 11) is 0. The van der Waals surface area contributed by atoms with Crippen LogP contribution >= 0.6 is 15.9 Å². The highest BCUT2D eigenvalue weighted by atomic mass is 79.9. The van der Waals surface area contributed by atoms with Crippen molar-refractivity contribution in [3.05, 3.63) is 16.9 Å². The summed E-state index contributed by atoms with van der Waals surface area (Å²) in [5, 5.41) is 14.2. The Hall–Kier alpha value is -1.14. The molecule has 5 nitrogen and oxygen atoms in total. The van der Waals surface area contributed by atoms with Crippen molar-refractivity contribution in [1.82, 2.24) is 14.5 Å². The number of aliphatic hydroxyl groups is 1. The smallest absolute Gasteiger partial charge is 0.224 e. The van der Waals surface area contributed by atoms with Crippen molar-refractivity contribution in [2.45, 2.75) is 70.6 Å². The fourth-order valence-electron chi connectivity index (χ4n) is 3.40. The molecule has 1 fully saturated rings. The molecule has 0 aliphatic heterocycles. The topological polar surface area (TPSA) is 63.0 Å². The average molecular weight is 381 g/mol. The first-order valence-corrected chi connectivity index (χ1v) is 9.35.